The van der Waals surface area contributed by atoms with Gasteiger partial charge in [0.1, 0.15) is 0 Å². The number of sulfonamides is 1. The summed E-state index contributed by atoms with van der Waals surface area (Å²) in [5, 5.41) is -0.491. The molecule has 0 saturated heterocycles. The third-order valence-electron chi connectivity index (χ3n) is 3.22. The molecule has 84 valence electrons. The molecule has 0 radical (unpaired) electrons. The Morgan fingerprint density at radius 2 is 2.07 bits per heavy atom. The molecule has 1 fully saturated rings. The largest absolute Gasteiger partial charge is 0.329 e. The number of hydrogen-bond acceptors (Lipinski definition) is 3. The Balaban J connectivity index is 2.44. The minimum Gasteiger partial charge on any atom is -0.329 e. The second-order valence-corrected chi connectivity index (χ2v) is 6.45. The molecule has 1 aliphatic carbocycles. The highest BCUT2D eigenvalue weighted by Gasteiger charge is 2.41. The van der Waals surface area contributed by atoms with Crippen LogP contribution in [0, 0.1) is 5.41 Å². The number of nitrogens with one attached hydrogen (secondary N) is 1. The van der Waals surface area contributed by atoms with Crippen LogP contribution in [0.4, 0.5) is 0 Å². The van der Waals surface area contributed by atoms with Crippen molar-refractivity contribution in [3.63, 3.8) is 0 Å². The summed E-state index contributed by atoms with van der Waals surface area (Å²) >= 11 is 0. The van der Waals surface area contributed by atoms with E-state index in [9.17, 15) is 8.42 Å². The van der Waals surface area contributed by atoms with Crippen LogP contribution in [0.3, 0.4) is 0 Å². The molecule has 3 N–H and O–H groups in total. The van der Waals surface area contributed by atoms with Crippen molar-refractivity contribution in [1.82, 2.24) is 4.72 Å². The van der Waals surface area contributed by atoms with E-state index in [0.29, 0.717) is 6.54 Å². The quantitative estimate of drug-likeness (QED) is 0.682. The summed E-state index contributed by atoms with van der Waals surface area (Å²) < 4.78 is 25.8. The molecule has 1 atom stereocenters. The summed E-state index contributed by atoms with van der Waals surface area (Å²) in [6.07, 6.45) is 3.33. The Kier molecular flexibility index (Phi) is 3.55. The molecule has 1 saturated carbocycles. The first-order chi connectivity index (χ1) is 6.46. The van der Waals surface area contributed by atoms with Gasteiger partial charge >= 0.3 is 0 Å². The van der Waals surface area contributed by atoms with Crippen molar-refractivity contribution in [3.05, 3.63) is 0 Å². The van der Waals surface area contributed by atoms with Crippen LogP contribution in [-0.2, 0) is 10.0 Å². The molecule has 0 aromatic carbocycles. The molecule has 1 unspecified atom stereocenters. The van der Waals surface area contributed by atoms with Gasteiger partial charge in [-0.05, 0) is 31.6 Å². The molecule has 0 aromatic heterocycles. The maximum atomic E-state index is 11.6. The lowest BCUT2D eigenvalue weighted by atomic mass is 10.1. The van der Waals surface area contributed by atoms with Gasteiger partial charge in [0, 0.05) is 13.1 Å². The monoisotopic (exact) mass is 220 g/mol. The average molecular weight is 220 g/mol. The predicted octanol–water partition coefficient (Wildman–Crippen LogP) is 0.443. The summed E-state index contributed by atoms with van der Waals surface area (Å²) in [5.74, 6) is 0. The zero-order valence-electron chi connectivity index (χ0n) is 8.91. The molecule has 0 aliphatic heterocycles. The molecule has 0 heterocycles. The molecule has 1 aliphatic rings. The van der Waals surface area contributed by atoms with Gasteiger partial charge < -0.3 is 5.73 Å². The highest BCUT2D eigenvalue weighted by atomic mass is 32.2. The summed E-state index contributed by atoms with van der Waals surface area (Å²) in [5.41, 5.74) is 5.58. The molecule has 14 heavy (non-hydrogen) atoms. The van der Waals surface area contributed by atoms with Gasteiger partial charge in [0.15, 0.2) is 0 Å². The highest BCUT2D eigenvalue weighted by molar-refractivity contribution is 7.90. The molecular formula is C9H20N2O2S. The van der Waals surface area contributed by atoms with Gasteiger partial charge in [-0.15, -0.1) is 0 Å². The van der Waals surface area contributed by atoms with E-state index < -0.39 is 15.3 Å². The SMILES string of the molecule is CCC1(CNS(=O)(=O)C(C)CN)CC1. The lowest BCUT2D eigenvalue weighted by molar-refractivity contribution is 0.473. The first-order valence-electron chi connectivity index (χ1n) is 5.14. The van der Waals surface area contributed by atoms with Crippen LogP contribution in [0.2, 0.25) is 0 Å². The van der Waals surface area contributed by atoms with Gasteiger partial charge in [-0.3, -0.25) is 0 Å². The van der Waals surface area contributed by atoms with Crippen molar-refractivity contribution in [2.75, 3.05) is 13.1 Å². The third kappa shape index (κ3) is 2.68. The van der Waals surface area contributed by atoms with E-state index in [-0.39, 0.29) is 12.0 Å². The molecule has 1 rings (SSSR count). The summed E-state index contributed by atoms with van der Waals surface area (Å²) in [6, 6.07) is 0. The highest BCUT2D eigenvalue weighted by Crippen LogP contribution is 2.47. The summed E-state index contributed by atoms with van der Waals surface area (Å²) in [4.78, 5) is 0. The number of rotatable bonds is 6. The Morgan fingerprint density at radius 3 is 2.43 bits per heavy atom. The zero-order valence-corrected chi connectivity index (χ0v) is 9.73. The van der Waals surface area contributed by atoms with E-state index in [1.54, 1.807) is 6.92 Å². The Morgan fingerprint density at radius 1 is 1.50 bits per heavy atom. The van der Waals surface area contributed by atoms with Crippen LogP contribution in [0.15, 0.2) is 0 Å². The van der Waals surface area contributed by atoms with Crippen LogP contribution >= 0.6 is 0 Å². The third-order valence-corrected chi connectivity index (χ3v) is 5.02. The minimum atomic E-state index is -3.19. The average Bonchev–Trinajstić information content (AvgIpc) is 2.94. The Labute approximate surface area is 86.3 Å². The predicted molar refractivity (Wildman–Crippen MR) is 57.4 cm³/mol. The lowest BCUT2D eigenvalue weighted by Gasteiger charge is -2.16. The van der Waals surface area contributed by atoms with Gasteiger partial charge in [0.2, 0.25) is 10.0 Å². The molecule has 0 bridgehead atoms. The topological polar surface area (TPSA) is 72.2 Å². The Hall–Kier alpha value is -0.130. The maximum Gasteiger partial charge on any atom is 0.215 e. The van der Waals surface area contributed by atoms with Crippen LogP contribution in [0.5, 0.6) is 0 Å². The van der Waals surface area contributed by atoms with E-state index >= 15 is 0 Å². The maximum absolute atomic E-state index is 11.6. The van der Waals surface area contributed by atoms with E-state index in [1.165, 1.54) is 0 Å². The van der Waals surface area contributed by atoms with E-state index in [4.69, 9.17) is 5.73 Å². The van der Waals surface area contributed by atoms with Crippen molar-refractivity contribution in [2.24, 2.45) is 11.1 Å². The van der Waals surface area contributed by atoms with Gasteiger partial charge in [-0.2, -0.15) is 0 Å². The Bertz CT molecular complexity index is 283. The fourth-order valence-electron chi connectivity index (χ4n) is 1.35. The molecule has 4 nitrogen and oxygen atoms in total. The van der Waals surface area contributed by atoms with Crippen LogP contribution in [0.1, 0.15) is 33.1 Å². The molecule has 0 amide bonds. The summed E-state index contributed by atoms with van der Waals surface area (Å²) in [6.45, 7) is 4.49. The second-order valence-electron chi connectivity index (χ2n) is 4.27. The van der Waals surface area contributed by atoms with Crippen molar-refractivity contribution >= 4 is 10.0 Å². The van der Waals surface area contributed by atoms with Gasteiger partial charge in [0.05, 0.1) is 5.25 Å². The van der Waals surface area contributed by atoms with Crippen molar-refractivity contribution in [3.8, 4) is 0 Å². The van der Waals surface area contributed by atoms with Crippen LogP contribution < -0.4 is 10.5 Å². The van der Waals surface area contributed by atoms with E-state index in [1.807, 2.05) is 0 Å². The number of hydrogen-bond donors (Lipinski definition) is 2. The van der Waals surface area contributed by atoms with Gasteiger partial charge in [0.25, 0.3) is 0 Å². The fraction of sp³-hybridized carbons (Fsp3) is 1.00. The molecule has 0 spiro atoms. The van der Waals surface area contributed by atoms with E-state index in [0.717, 1.165) is 19.3 Å². The first kappa shape index (κ1) is 11.9. The smallest absolute Gasteiger partial charge is 0.215 e. The van der Waals surface area contributed by atoms with Gasteiger partial charge in [-0.1, -0.05) is 6.92 Å². The zero-order chi connectivity index (χ0) is 10.8. The van der Waals surface area contributed by atoms with Crippen molar-refractivity contribution in [2.45, 2.75) is 38.4 Å². The van der Waals surface area contributed by atoms with Crippen LogP contribution in [-0.4, -0.2) is 26.8 Å². The second kappa shape index (κ2) is 4.16. The standard InChI is InChI=1S/C9H20N2O2S/c1-3-9(4-5-9)7-11-14(12,13)8(2)6-10/h8,11H,3-7,10H2,1-2H3. The normalized spacial score (nSPS) is 21.9. The minimum absolute atomic E-state index is 0.175. The lowest BCUT2D eigenvalue weighted by Crippen LogP contribution is -2.39. The molecule has 0 aromatic rings. The molecule has 5 heteroatoms. The first-order valence-corrected chi connectivity index (χ1v) is 6.69. The number of nitrogens with two attached hydrogens (primary N) is 1. The fourth-order valence-corrected chi connectivity index (χ4v) is 2.40. The van der Waals surface area contributed by atoms with Crippen LogP contribution in [0.25, 0.3) is 0 Å². The van der Waals surface area contributed by atoms with Crippen molar-refractivity contribution < 1.29 is 8.42 Å². The summed E-state index contributed by atoms with van der Waals surface area (Å²) in [7, 11) is -3.19. The van der Waals surface area contributed by atoms with Crippen molar-refractivity contribution in [1.29, 1.82) is 0 Å². The van der Waals surface area contributed by atoms with Gasteiger partial charge in [-0.25, -0.2) is 13.1 Å². The molecular weight excluding hydrogens is 200 g/mol. The van der Waals surface area contributed by atoms with E-state index in [2.05, 4.69) is 11.6 Å².